The predicted molar refractivity (Wildman–Crippen MR) is 114 cm³/mol. The number of hydrogen-bond donors (Lipinski definition) is 1. The van der Waals surface area contributed by atoms with Crippen LogP contribution >= 0.6 is 0 Å². The quantitative estimate of drug-likeness (QED) is 0.689. The average molecular weight is 392 g/mol. The Bertz CT molecular complexity index is 1000. The van der Waals surface area contributed by atoms with Gasteiger partial charge in [-0.3, -0.25) is 4.79 Å². The van der Waals surface area contributed by atoms with Gasteiger partial charge in [-0.1, -0.05) is 36.8 Å². The molecule has 1 atom stereocenters. The second-order valence-electron chi connectivity index (χ2n) is 7.63. The van der Waals surface area contributed by atoms with E-state index in [1.165, 1.54) is 5.56 Å². The van der Waals surface area contributed by atoms with Crippen LogP contribution in [0.2, 0.25) is 0 Å². The zero-order chi connectivity index (χ0) is 21.1. The fourth-order valence-electron chi connectivity index (χ4n) is 3.55. The largest absolute Gasteiger partial charge is 0.349 e. The number of carbonyl (C=O) groups is 1. The smallest absolute Gasteiger partial charge is 0.251 e. The van der Waals surface area contributed by atoms with Crippen LogP contribution in [-0.2, 0) is 11.2 Å². The van der Waals surface area contributed by atoms with Crippen LogP contribution in [0, 0.1) is 34.6 Å². The lowest BCUT2D eigenvalue weighted by molar-refractivity contribution is -0.121. The Balaban J connectivity index is 1.80. The Kier molecular flexibility index (Phi) is 6.11. The highest BCUT2D eigenvalue weighted by Crippen LogP contribution is 2.20. The Morgan fingerprint density at radius 3 is 2.24 bits per heavy atom. The molecule has 3 rings (SSSR count). The molecule has 0 saturated heterocycles. The van der Waals surface area contributed by atoms with Crippen molar-refractivity contribution in [3.05, 3.63) is 69.8 Å². The number of nitrogens with one attached hydrogen (secondary N) is 1. The average Bonchev–Trinajstić information content (AvgIpc) is 2.94. The third-order valence-corrected chi connectivity index (χ3v) is 5.16. The molecule has 29 heavy (non-hydrogen) atoms. The number of hydrogen-bond acceptors (Lipinski definition) is 4. The van der Waals surface area contributed by atoms with Gasteiger partial charge in [0.1, 0.15) is 0 Å². The van der Waals surface area contributed by atoms with E-state index < -0.39 is 0 Å². The van der Waals surface area contributed by atoms with E-state index in [0.717, 1.165) is 40.3 Å². The summed E-state index contributed by atoms with van der Waals surface area (Å²) in [4.78, 5) is 21.8. The van der Waals surface area contributed by atoms with Crippen LogP contribution in [0.5, 0.6) is 0 Å². The highest BCUT2D eigenvalue weighted by Gasteiger charge is 2.19. The molecule has 6 nitrogen and oxygen atoms in total. The van der Waals surface area contributed by atoms with E-state index in [1.807, 2.05) is 33.8 Å². The molecule has 6 heteroatoms. The topological polar surface area (TPSA) is 72.7 Å². The summed E-state index contributed by atoms with van der Waals surface area (Å²) in [5.41, 5.74) is 6.76. The first-order chi connectivity index (χ1) is 13.8. The van der Waals surface area contributed by atoms with Gasteiger partial charge in [0.25, 0.3) is 5.95 Å². The van der Waals surface area contributed by atoms with Gasteiger partial charge in [-0.05, 0) is 52.7 Å². The molecule has 0 saturated carbocycles. The molecule has 0 bridgehead atoms. The predicted octanol–water partition coefficient (Wildman–Crippen LogP) is 4.01. The molecule has 0 spiro atoms. The number of benzene rings is 1. The van der Waals surface area contributed by atoms with E-state index in [2.05, 4.69) is 58.5 Å². The van der Waals surface area contributed by atoms with Crippen LogP contribution in [0.1, 0.15) is 58.9 Å². The number of aryl methyl sites for hydroxylation is 4. The van der Waals surface area contributed by atoms with Gasteiger partial charge in [0, 0.05) is 22.6 Å². The third-order valence-electron chi connectivity index (χ3n) is 5.16. The molecule has 2 heterocycles. The van der Waals surface area contributed by atoms with Crippen molar-refractivity contribution in [3.63, 3.8) is 0 Å². The summed E-state index contributed by atoms with van der Waals surface area (Å²) in [5.74, 6) is 0.533. The van der Waals surface area contributed by atoms with Crippen LogP contribution in [0.15, 0.2) is 30.3 Å². The molecule has 0 aliphatic rings. The van der Waals surface area contributed by atoms with Gasteiger partial charge in [-0.25, -0.2) is 14.6 Å². The number of rotatable bonds is 6. The molecule has 0 radical (unpaired) electrons. The third kappa shape index (κ3) is 4.70. The molecule has 1 N–H and O–H groups in total. The van der Waals surface area contributed by atoms with E-state index in [1.54, 1.807) is 4.68 Å². The summed E-state index contributed by atoms with van der Waals surface area (Å²) < 4.78 is 1.73. The van der Waals surface area contributed by atoms with Gasteiger partial charge in [0.05, 0.1) is 18.2 Å². The van der Waals surface area contributed by atoms with Crippen LogP contribution in [0.4, 0.5) is 0 Å². The zero-order valence-corrected chi connectivity index (χ0v) is 18.1. The maximum atomic E-state index is 12.8. The van der Waals surface area contributed by atoms with Crippen molar-refractivity contribution in [2.45, 2.75) is 60.4 Å². The molecule has 1 aromatic carbocycles. The number of amides is 1. The minimum Gasteiger partial charge on any atom is -0.349 e. The monoisotopic (exact) mass is 391 g/mol. The number of nitrogens with zero attached hydrogens (tertiary/aromatic N) is 4. The Morgan fingerprint density at radius 2 is 1.66 bits per heavy atom. The highest BCUT2D eigenvalue weighted by molar-refractivity contribution is 5.79. The van der Waals surface area contributed by atoms with Gasteiger partial charge >= 0.3 is 0 Å². The van der Waals surface area contributed by atoms with Gasteiger partial charge in [-0.15, -0.1) is 0 Å². The van der Waals surface area contributed by atoms with Crippen molar-refractivity contribution in [3.8, 4) is 5.95 Å². The molecule has 2 aromatic heterocycles. The second-order valence-corrected chi connectivity index (χ2v) is 7.63. The normalized spacial score (nSPS) is 12.1. The summed E-state index contributed by atoms with van der Waals surface area (Å²) in [6.07, 6.45) is 1.12. The maximum Gasteiger partial charge on any atom is 0.251 e. The number of aromatic nitrogens is 4. The molecule has 152 valence electrons. The maximum absolute atomic E-state index is 12.8. The molecular formula is C23H29N5O. The molecule has 1 amide bonds. The minimum atomic E-state index is -0.00971. The van der Waals surface area contributed by atoms with Crippen molar-refractivity contribution in [2.24, 2.45) is 0 Å². The van der Waals surface area contributed by atoms with Crippen LogP contribution in [0.25, 0.3) is 5.95 Å². The van der Waals surface area contributed by atoms with E-state index in [9.17, 15) is 4.79 Å². The summed E-state index contributed by atoms with van der Waals surface area (Å²) in [7, 11) is 0. The standard InChI is InChI=1S/C23H29N5O/c1-7-21(19-10-8-14(2)9-11-19)26-22(29)13-20-17(5)27-28(18(20)6)23-24-15(3)12-16(4)25-23/h8-12,21H,7,13H2,1-6H3,(H,26,29). The minimum absolute atomic E-state index is 0.00140. The zero-order valence-electron chi connectivity index (χ0n) is 18.1. The first-order valence-corrected chi connectivity index (χ1v) is 10.0. The SMILES string of the molecule is CCC(NC(=O)Cc1c(C)nn(-c2nc(C)cc(C)n2)c1C)c1ccc(C)cc1. The van der Waals surface area contributed by atoms with Crippen molar-refractivity contribution in [2.75, 3.05) is 0 Å². The van der Waals surface area contributed by atoms with Crippen LogP contribution in [0.3, 0.4) is 0 Å². The second kappa shape index (κ2) is 8.55. The van der Waals surface area contributed by atoms with Gasteiger partial charge in [0.15, 0.2) is 0 Å². The molecule has 0 aliphatic carbocycles. The lowest BCUT2D eigenvalue weighted by Crippen LogP contribution is -2.29. The van der Waals surface area contributed by atoms with E-state index in [0.29, 0.717) is 5.95 Å². The van der Waals surface area contributed by atoms with E-state index in [-0.39, 0.29) is 18.4 Å². The number of carbonyl (C=O) groups excluding carboxylic acids is 1. The lowest BCUT2D eigenvalue weighted by atomic mass is 10.0. The Labute approximate surface area is 172 Å². The molecule has 0 fully saturated rings. The van der Waals surface area contributed by atoms with Crippen LogP contribution in [-0.4, -0.2) is 25.7 Å². The van der Waals surface area contributed by atoms with E-state index >= 15 is 0 Å². The Hall–Kier alpha value is -3.02. The summed E-state index contributed by atoms with van der Waals surface area (Å²) in [6, 6.07) is 10.2. The van der Waals surface area contributed by atoms with E-state index in [4.69, 9.17) is 0 Å². The molecular weight excluding hydrogens is 362 g/mol. The Morgan fingerprint density at radius 1 is 1.03 bits per heavy atom. The molecule has 0 aliphatic heterocycles. The lowest BCUT2D eigenvalue weighted by Gasteiger charge is -2.18. The van der Waals surface area contributed by atoms with Gasteiger partial charge < -0.3 is 5.32 Å². The first-order valence-electron chi connectivity index (χ1n) is 10.0. The van der Waals surface area contributed by atoms with Crippen molar-refractivity contribution < 1.29 is 4.79 Å². The fourth-order valence-corrected chi connectivity index (χ4v) is 3.55. The summed E-state index contributed by atoms with van der Waals surface area (Å²) in [6.45, 7) is 11.9. The summed E-state index contributed by atoms with van der Waals surface area (Å²) in [5, 5.41) is 7.76. The summed E-state index contributed by atoms with van der Waals surface area (Å²) >= 11 is 0. The fraction of sp³-hybridized carbons (Fsp3) is 0.391. The molecule has 1 unspecified atom stereocenters. The highest BCUT2D eigenvalue weighted by atomic mass is 16.1. The first kappa shape index (κ1) is 20.7. The van der Waals surface area contributed by atoms with Crippen molar-refractivity contribution >= 4 is 5.91 Å². The van der Waals surface area contributed by atoms with Crippen molar-refractivity contribution in [1.82, 2.24) is 25.1 Å². The van der Waals surface area contributed by atoms with Crippen LogP contribution < -0.4 is 5.32 Å². The van der Waals surface area contributed by atoms with Crippen molar-refractivity contribution in [1.29, 1.82) is 0 Å². The van der Waals surface area contributed by atoms with Gasteiger partial charge in [-0.2, -0.15) is 5.10 Å². The molecule has 3 aromatic rings. The van der Waals surface area contributed by atoms with Gasteiger partial charge in [0.2, 0.25) is 5.91 Å².